The van der Waals surface area contributed by atoms with Crippen molar-refractivity contribution in [2.45, 2.75) is 129 Å². The van der Waals surface area contributed by atoms with E-state index in [9.17, 15) is 0 Å². The van der Waals surface area contributed by atoms with Crippen LogP contribution in [0.3, 0.4) is 0 Å². The fourth-order valence-electron chi connectivity index (χ4n) is 3.39. The van der Waals surface area contributed by atoms with Gasteiger partial charge in [-0.1, -0.05) is 117 Å². The van der Waals surface area contributed by atoms with E-state index in [4.69, 9.17) is 4.12 Å². The van der Waals surface area contributed by atoms with Crippen molar-refractivity contribution >= 4 is 19.5 Å². The van der Waals surface area contributed by atoms with E-state index in [0.29, 0.717) is 0 Å². The van der Waals surface area contributed by atoms with Crippen LogP contribution < -0.4 is 0 Å². The number of rotatable bonds is 19. The molecule has 0 N–H and O–H groups in total. The van der Waals surface area contributed by atoms with E-state index in [1.807, 2.05) is 0 Å². The Hall–Kier alpha value is 0.394. The minimum absolute atomic E-state index is 0.791. The molecule has 0 rings (SSSR count). The summed E-state index contributed by atoms with van der Waals surface area (Å²) in [6, 6.07) is 2.91. The first-order chi connectivity index (χ1) is 11.3. The van der Waals surface area contributed by atoms with Crippen LogP contribution in [0.25, 0.3) is 0 Å². The summed E-state index contributed by atoms with van der Waals surface area (Å²) < 4.78 is 5.95. The maximum atomic E-state index is 5.95. The van der Waals surface area contributed by atoms with E-state index in [1.165, 1.54) is 115 Å². The average molecular weight is 359 g/mol. The summed E-state index contributed by atoms with van der Waals surface area (Å²) >= 11 is 0. The van der Waals surface area contributed by atoms with E-state index >= 15 is 0 Å². The highest BCUT2D eigenvalue weighted by Gasteiger charge is 2.08. The predicted octanol–water partition coefficient (Wildman–Crippen LogP) is 6.29. The van der Waals surface area contributed by atoms with Crippen molar-refractivity contribution in [3.05, 3.63) is 0 Å². The molecule has 0 fully saturated rings. The van der Waals surface area contributed by atoms with Crippen LogP contribution in [0.4, 0.5) is 0 Å². The molecule has 0 radical (unpaired) electrons. The lowest BCUT2D eigenvalue weighted by Gasteiger charge is -2.13. The lowest BCUT2D eigenvalue weighted by atomic mass is 10.1. The Balaban J connectivity index is 3.29. The monoisotopic (exact) mass is 358 g/mol. The molecule has 140 valence electrons. The molecule has 0 atom stereocenters. The van der Waals surface area contributed by atoms with Gasteiger partial charge in [-0.3, -0.25) is 0 Å². The third-order valence-corrected chi connectivity index (χ3v) is 9.86. The van der Waals surface area contributed by atoms with Crippen LogP contribution in [0.5, 0.6) is 0 Å². The molecule has 0 aliphatic carbocycles. The first kappa shape index (κ1) is 23.4. The van der Waals surface area contributed by atoms with Crippen LogP contribution in [-0.4, -0.2) is 19.5 Å². The lowest BCUT2D eigenvalue weighted by molar-refractivity contribution is 0.560. The highest BCUT2D eigenvalue weighted by atomic mass is 28.3. The summed E-state index contributed by atoms with van der Waals surface area (Å²) in [7, 11) is 0.184. The standard InChI is InChI=1S/C20H46OSi2/c1-3-5-7-9-11-13-15-17-19-23(21-22)20-18-16-14-12-10-8-6-4-2/h23H,3-20H2,1-2,22H3. The minimum atomic E-state index is -0.791. The van der Waals surface area contributed by atoms with Crippen molar-refractivity contribution in [1.82, 2.24) is 0 Å². The zero-order valence-electron chi connectivity index (χ0n) is 16.7. The molecule has 0 bridgehead atoms. The summed E-state index contributed by atoms with van der Waals surface area (Å²) in [5.41, 5.74) is 0. The Morgan fingerprint density at radius 2 is 0.826 bits per heavy atom. The second kappa shape index (κ2) is 20.4. The van der Waals surface area contributed by atoms with Crippen LogP contribution in [0.2, 0.25) is 12.1 Å². The smallest absolute Gasteiger partial charge is 0.162 e. The second-order valence-corrected chi connectivity index (χ2v) is 11.7. The topological polar surface area (TPSA) is 9.23 Å². The van der Waals surface area contributed by atoms with Gasteiger partial charge in [-0.05, 0) is 12.1 Å². The molecule has 0 spiro atoms. The van der Waals surface area contributed by atoms with Gasteiger partial charge in [-0.15, -0.1) is 0 Å². The molecule has 0 aromatic heterocycles. The van der Waals surface area contributed by atoms with Crippen molar-refractivity contribution in [2.75, 3.05) is 0 Å². The van der Waals surface area contributed by atoms with Crippen LogP contribution in [-0.2, 0) is 4.12 Å². The van der Waals surface area contributed by atoms with Gasteiger partial charge in [0.25, 0.3) is 0 Å². The summed E-state index contributed by atoms with van der Waals surface area (Å²) in [5, 5.41) is 0. The molecule has 23 heavy (non-hydrogen) atoms. The van der Waals surface area contributed by atoms with Crippen molar-refractivity contribution in [3.63, 3.8) is 0 Å². The first-order valence-electron chi connectivity index (χ1n) is 10.9. The molecule has 0 saturated carbocycles. The molecular formula is C20H46OSi2. The zero-order valence-corrected chi connectivity index (χ0v) is 19.9. The number of hydrogen-bond donors (Lipinski definition) is 0. The minimum Gasteiger partial charge on any atom is -0.465 e. The number of unbranched alkanes of at least 4 members (excludes halogenated alkanes) is 14. The quantitative estimate of drug-likeness (QED) is 0.195. The van der Waals surface area contributed by atoms with E-state index in [2.05, 4.69) is 13.8 Å². The molecule has 3 heteroatoms. The molecule has 0 aromatic carbocycles. The van der Waals surface area contributed by atoms with Crippen molar-refractivity contribution in [2.24, 2.45) is 0 Å². The van der Waals surface area contributed by atoms with E-state index < -0.39 is 9.04 Å². The maximum Gasteiger partial charge on any atom is 0.162 e. The van der Waals surface area contributed by atoms with Crippen molar-refractivity contribution < 1.29 is 4.12 Å². The molecule has 0 amide bonds. The van der Waals surface area contributed by atoms with E-state index in [0.717, 1.165) is 10.5 Å². The average Bonchev–Trinajstić information content (AvgIpc) is 2.57. The highest BCUT2D eigenvalue weighted by molar-refractivity contribution is 6.55. The SMILES string of the molecule is CCCCCCCCCC[SiH](CCCCCCCCCC)O[SiH3]. The summed E-state index contributed by atoms with van der Waals surface area (Å²) in [5.74, 6) is 0. The van der Waals surface area contributed by atoms with Gasteiger partial charge in [0, 0.05) is 0 Å². The van der Waals surface area contributed by atoms with Crippen molar-refractivity contribution in [3.8, 4) is 0 Å². The van der Waals surface area contributed by atoms with Gasteiger partial charge < -0.3 is 4.12 Å². The van der Waals surface area contributed by atoms with Crippen LogP contribution in [0.15, 0.2) is 0 Å². The lowest BCUT2D eigenvalue weighted by Crippen LogP contribution is -2.15. The molecule has 0 aliphatic rings. The molecule has 0 saturated heterocycles. The van der Waals surface area contributed by atoms with Crippen LogP contribution in [0, 0.1) is 0 Å². The number of hydrogen-bond acceptors (Lipinski definition) is 1. The molecule has 0 aliphatic heterocycles. The summed E-state index contributed by atoms with van der Waals surface area (Å²) in [4.78, 5) is 0. The zero-order chi connectivity index (χ0) is 17.0. The van der Waals surface area contributed by atoms with Crippen molar-refractivity contribution in [1.29, 1.82) is 0 Å². The predicted molar refractivity (Wildman–Crippen MR) is 113 cm³/mol. The highest BCUT2D eigenvalue weighted by Crippen LogP contribution is 2.16. The van der Waals surface area contributed by atoms with Crippen LogP contribution >= 0.6 is 0 Å². The molecule has 0 heterocycles. The van der Waals surface area contributed by atoms with Crippen LogP contribution in [0.1, 0.15) is 117 Å². The van der Waals surface area contributed by atoms with Gasteiger partial charge in [0.05, 0.1) is 0 Å². The van der Waals surface area contributed by atoms with Gasteiger partial charge >= 0.3 is 0 Å². The van der Waals surface area contributed by atoms with Gasteiger partial charge in [0.2, 0.25) is 0 Å². The van der Waals surface area contributed by atoms with Gasteiger partial charge in [0.1, 0.15) is 10.5 Å². The van der Waals surface area contributed by atoms with Gasteiger partial charge in [-0.25, -0.2) is 0 Å². The summed E-state index contributed by atoms with van der Waals surface area (Å²) in [6.45, 7) is 4.59. The largest absolute Gasteiger partial charge is 0.465 e. The second-order valence-electron chi connectivity index (χ2n) is 7.38. The third-order valence-electron chi connectivity index (χ3n) is 5.09. The Bertz CT molecular complexity index is 192. The Morgan fingerprint density at radius 3 is 1.13 bits per heavy atom. The van der Waals surface area contributed by atoms with Gasteiger partial charge in [0.15, 0.2) is 9.04 Å². The van der Waals surface area contributed by atoms with E-state index in [1.54, 1.807) is 0 Å². The first-order valence-corrected chi connectivity index (χ1v) is 13.8. The molecule has 1 nitrogen and oxygen atoms in total. The Morgan fingerprint density at radius 1 is 0.522 bits per heavy atom. The third kappa shape index (κ3) is 18.6. The Kier molecular flexibility index (Phi) is 20.8. The molecule has 0 aromatic rings. The normalized spacial score (nSPS) is 11.6. The summed E-state index contributed by atoms with van der Waals surface area (Å²) in [6.07, 6.45) is 23.1. The van der Waals surface area contributed by atoms with E-state index in [-0.39, 0.29) is 0 Å². The molecular weight excluding hydrogens is 312 g/mol. The van der Waals surface area contributed by atoms with Gasteiger partial charge in [-0.2, -0.15) is 0 Å². The maximum absolute atomic E-state index is 5.95. The fraction of sp³-hybridized carbons (Fsp3) is 1.00. The fourth-order valence-corrected chi connectivity index (χ4v) is 7.05. The molecule has 0 unspecified atom stereocenters. The Labute approximate surface area is 152 Å².